The zero-order valence-corrected chi connectivity index (χ0v) is 19.5. The average molecular weight is 458 g/mol. The lowest BCUT2D eigenvalue weighted by Crippen LogP contribution is -2.38. The average Bonchev–Trinajstić information content (AvgIpc) is 3.56. The van der Waals surface area contributed by atoms with Gasteiger partial charge in [-0.2, -0.15) is 0 Å². The topological polar surface area (TPSA) is 89.5 Å². The number of benzene rings is 1. The molecule has 0 bridgehead atoms. The van der Waals surface area contributed by atoms with Gasteiger partial charge in [-0.25, -0.2) is 9.79 Å². The highest BCUT2D eigenvalue weighted by Crippen LogP contribution is 2.46. The van der Waals surface area contributed by atoms with Crippen molar-refractivity contribution in [2.24, 2.45) is 10.9 Å². The number of aliphatic imine (C=N–C) groups is 1. The fourth-order valence-corrected chi connectivity index (χ4v) is 4.85. The van der Waals surface area contributed by atoms with E-state index in [1.165, 1.54) is 31.7 Å². The van der Waals surface area contributed by atoms with Crippen LogP contribution in [-0.2, 0) is 14.3 Å². The summed E-state index contributed by atoms with van der Waals surface area (Å²) in [6.07, 6.45) is 2.56. The van der Waals surface area contributed by atoms with Crippen LogP contribution in [0.15, 0.2) is 45.6 Å². The summed E-state index contributed by atoms with van der Waals surface area (Å²) in [5.41, 5.74) is 2.61. The lowest BCUT2D eigenvalue weighted by molar-refractivity contribution is -0.136. The van der Waals surface area contributed by atoms with Gasteiger partial charge in [-0.3, -0.25) is 4.79 Å². The van der Waals surface area contributed by atoms with Crippen molar-refractivity contribution >= 4 is 28.8 Å². The van der Waals surface area contributed by atoms with Gasteiger partial charge in [0.1, 0.15) is 0 Å². The minimum absolute atomic E-state index is 0.0399. The Bertz CT molecular complexity index is 1030. The largest absolute Gasteiger partial charge is 0.493 e. The van der Waals surface area contributed by atoms with E-state index < -0.39 is 12.0 Å². The third kappa shape index (κ3) is 4.34. The molecule has 9 heteroatoms. The molecular formula is C23H27N3O5S. The van der Waals surface area contributed by atoms with E-state index >= 15 is 0 Å². The van der Waals surface area contributed by atoms with Gasteiger partial charge in [-0.15, -0.1) is 0 Å². The van der Waals surface area contributed by atoms with E-state index in [0.29, 0.717) is 35.2 Å². The van der Waals surface area contributed by atoms with Crippen LogP contribution in [0.25, 0.3) is 0 Å². The number of fused-ring (bicyclic) bond motifs is 1. The maximum Gasteiger partial charge on any atom is 0.338 e. The molecule has 1 amide bonds. The molecule has 2 heterocycles. The Morgan fingerprint density at radius 2 is 1.94 bits per heavy atom. The van der Waals surface area contributed by atoms with Gasteiger partial charge in [0, 0.05) is 12.2 Å². The van der Waals surface area contributed by atoms with Crippen LogP contribution in [0.5, 0.6) is 11.5 Å². The van der Waals surface area contributed by atoms with Gasteiger partial charge in [0.05, 0.1) is 45.1 Å². The SMILES string of the molecule is COC(=O)C1=C(C)N=C2SC=C(CC(=O)NCC3CC3)N2[C@@H]1c1ccc(OC)c(OC)c1. The molecule has 8 nitrogen and oxygen atoms in total. The molecule has 170 valence electrons. The van der Waals surface area contributed by atoms with Crippen molar-refractivity contribution in [3.8, 4) is 11.5 Å². The van der Waals surface area contributed by atoms with Gasteiger partial charge >= 0.3 is 5.97 Å². The smallest absolute Gasteiger partial charge is 0.338 e. The van der Waals surface area contributed by atoms with E-state index in [1.54, 1.807) is 27.2 Å². The Hall–Kier alpha value is -2.94. The van der Waals surface area contributed by atoms with Gasteiger partial charge in [-0.05, 0) is 48.8 Å². The molecular weight excluding hydrogens is 430 g/mol. The Morgan fingerprint density at radius 1 is 1.19 bits per heavy atom. The third-order valence-electron chi connectivity index (χ3n) is 5.76. The Kier molecular flexibility index (Phi) is 6.45. The summed E-state index contributed by atoms with van der Waals surface area (Å²) in [5.74, 6) is 1.25. The molecule has 0 aromatic heterocycles. The molecule has 1 aromatic rings. The van der Waals surface area contributed by atoms with Crippen LogP contribution in [0.4, 0.5) is 0 Å². The number of amidine groups is 1. The quantitative estimate of drug-likeness (QED) is 0.599. The van der Waals surface area contributed by atoms with Crippen molar-refractivity contribution in [3.63, 3.8) is 0 Å². The fourth-order valence-electron chi connectivity index (χ4n) is 3.89. The predicted molar refractivity (Wildman–Crippen MR) is 122 cm³/mol. The lowest BCUT2D eigenvalue weighted by atomic mass is 9.93. The van der Waals surface area contributed by atoms with E-state index in [9.17, 15) is 9.59 Å². The first-order valence-electron chi connectivity index (χ1n) is 10.5. The number of esters is 1. The highest BCUT2D eigenvalue weighted by atomic mass is 32.2. The number of hydrogen-bond acceptors (Lipinski definition) is 8. The molecule has 1 N–H and O–H groups in total. The van der Waals surface area contributed by atoms with Crippen LogP contribution >= 0.6 is 11.8 Å². The van der Waals surface area contributed by atoms with E-state index in [0.717, 1.165) is 16.4 Å². The predicted octanol–water partition coefficient (Wildman–Crippen LogP) is 3.37. The van der Waals surface area contributed by atoms with Crippen molar-refractivity contribution in [2.45, 2.75) is 32.2 Å². The van der Waals surface area contributed by atoms with Crippen LogP contribution in [0, 0.1) is 5.92 Å². The molecule has 0 saturated heterocycles. The van der Waals surface area contributed by atoms with Crippen LogP contribution in [0.1, 0.15) is 37.8 Å². The summed E-state index contributed by atoms with van der Waals surface area (Å²) in [7, 11) is 4.50. The number of ether oxygens (including phenoxy) is 3. The normalized spacial score (nSPS) is 19.8. The first-order valence-corrected chi connectivity index (χ1v) is 11.4. The zero-order chi connectivity index (χ0) is 22.8. The van der Waals surface area contributed by atoms with Gasteiger partial charge in [0.15, 0.2) is 16.7 Å². The van der Waals surface area contributed by atoms with Crippen molar-refractivity contribution < 1.29 is 23.8 Å². The molecule has 1 atom stereocenters. The van der Waals surface area contributed by atoms with E-state index in [2.05, 4.69) is 10.3 Å². The Morgan fingerprint density at radius 3 is 2.59 bits per heavy atom. The number of thioether (sulfide) groups is 1. The van der Waals surface area contributed by atoms with Crippen LogP contribution in [0.2, 0.25) is 0 Å². The number of methoxy groups -OCH3 is 3. The molecule has 0 unspecified atom stereocenters. The highest BCUT2D eigenvalue weighted by molar-refractivity contribution is 8.16. The second-order valence-corrected chi connectivity index (χ2v) is 8.76. The Labute approximate surface area is 191 Å². The zero-order valence-electron chi connectivity index (χ0n) is 18.6. The summed E-state index contributed by atoms with van der Waals surface area (Å²) in [6, 6.07) is 5.03. The standard InChI is InChI=1S/C23H27N3O5S/c1-13-20(22(28)31-4)21(15-7-8-17(29-2)18(9-15)30-3)26-16(12-32-23(26)25-13)10-19(27)24-11-14-5-6-14/h7-9,12,14,21H,5-6,10-11H2,1-4H3,(H,24,27)/t21-/m1/s1. The molecule has 1 aliphatic carbocycles. The summed E-state index contributed by atoms with van der Waals surface area (Å²) < 4.78 is 16.0. The number of nitrogens with zero attached hydrogens (tertiary/aromatic N) is 2. The number of nitrogens with one attached hydrogen (secondary N) is 1. The number of hydrogen-bond donors (Lipinski definition) is 1. The van der Waals surface area contributed by atoms with Gasteiger partial charge in [0.2, 0.25) is 5.91 Å². The number of carbonyl (C=O) groups is 2. The maximum atomic E-state index is 12.8. The van der Waals surface area contributed by atoms with Crippen LogP contribution in [-0.4, -0.2) is 49.8 Å². The van der Waals surface area contributed by atoms with Crippen molar-refractivity contribution in [1.82, 2.24) is 10.2 Å². The summed E-state index contributed by atoms with van der Waals surface area (Å²) in [4.78, 5) is 32.0. The first kappa shape index (κ1) is 22.3. The first-order chi connectivity index (χ1) is 15.5. The number of rotatable bonds is 8. The molecule has 0 radical (unpaired) electrons. The second kappa shape index (κ2) is 9.28. The molecule has 0 spiro atoms. The highest BCUT2D eigenvalue weighted by Gasteiger charge is 2.41. The molecule has 3 aliphatic rings. The summed E-state index contributed by atoms with van der Waals surface area (Å²) in [5, 5.41) is 5.66. The van der Waals surface area contributed by atoms with E-state index in [1.807, 2.05) is 22.4 Å². The molecule has 32 heavy (non-hydrogen) atoms. The van der Waals surface area contributed by atoms with Gasteiger partial charge in [0.25, 0.3) is 0 Å². The van der Waals surface area contributed by atoms with Crippen molar-refractivity contribution in [3.05, 3.63) is 46.1 Å². The minimum atomic E-state index is -0.507. The molecule has 2 aliphatic heterocycles. The molecule has 4 rings (SSSR count). The monoisotopic (exact) mass is 457 g/mol. The van der Waals surface area contributed by atoms with Crippen molar-refractivity contribution in [1.29, 1.82) is 0 Å². The molecule has 1 saturated carbocycles. The molecule has 1 aromatic carbocycles. The van der Waals surface area contributed by atoms with E-state index in [-0.39, 0.29) is 12.3 Å². The van der Waals surface area contributed by atoms with Crippen LogP contribution < -0.4 is 14.8 Å². The second-order valence-electron chi connectivity index (χ2n) is 7.92. The van der Waals surface area contributed by atoms with E-state index in [4.69, 9.17) is 14.2 Å². The van der Waals surface area contributed by atoms with Crippen molar-refractivity contribution in [2.75, 3.05) is 27.9 Å². The fraction of sp³-hybridized carbons (Fsp3) is 0.435. The minimum Gasteiger partial charge on any atom is -0.493 e. The molecule has 1 fully saturated rings. The summed E-state index contributed by atoms with van der Waals surface area (Å²) in [6.45, 7) is 2.51. The Balaban J connectivity index is 1.70. The third-order valence-corrected chi connectivity index (χ3v) is 6.64. The lowest BCUT2D eigenvalue weighted by Gasteiger charge is -2.36. The maximum absolute atomic E-state index is 12.8. The summed E-state index contributed by atoms with van der Waals surface area (Å²) >= 11 is 1.45. The van der Waals surface area contributed by atoms with Gasteiger partial charge < -0.3 is 24.4 Å². The number of allylic oxidation sites excluding steroid dienone is 1. The number of carbonyl (C=O) groups excluding carboxylic acids is 2. The number of amides is 1. The van der Waals surface area contributed by atoms with Crippen LogP contribution in [0.3, 0.4) is 0 Å². The van der Waals surface area contributed by atoms with Gasteiger partial charge in [-0.1, -0.05) is 17.8 Å².